The number of carbonyl (C=O) groups is 2. The fourth-order valence-electron chi connectivity index (χ4n) is 2.19. The van der Waals surface area contributed by atoms with Crippen LogP contribution < -0.4 is 5.32 Å². The van der Waals surface area contributed by atoms with Gasteiger partial charge < -0.3 is 15.2 Å². The summed E-state index contributed by atoms with van der Waals surface area (Å²) in [7, 11) is -3.65. The van der Waals surface area contributed by atoms with Crippen molar-refractivity contribution in [3.8, 4) is 0 Å². The summed E-state index contributed by atoms with van der Waals surface area (Å²) in [6, 6.07) is -1.43. The first kappa shape index (κ1) is 17.9. The second-order valence-electron chi connectivity index (χ2n) is 5.05. The van der Waals surface area contributed by atoms with E-state index in [9.17, 15) is 18.0 Å². The van der Waals surface area contributed by atoms with Gasteiger partial charge in [-0.05, 0) is 6.54 Å². The van der Waals surface area contributed by atoms with E-state index >= 15 is 0 Å². The Morgan fingerprint density at radius 3 is 2.67 bits per heavy atom. The zero-order chi connectivity index (χ0) is 16.0. The predicted molar refractivity (Wildman–Crippen MR) is 75.7 cm³/mol. The molecule has 8 nitrogen and oxygen atoms in total. The summed E-state index contributed by atoms with van der Waals surface area (Å²) < 4.78 is 29.6. The molecule has 1 aliphatic rings. The van der Waals surface area contributed by atoms with Crippen LogP contribution in [0, 0.1) is 0 Å². The Morgan fingerprint density at radius 1 is 1.48 bits per heavy atom. The molecule has 0 spiro atoms. The number of aliphatic carboxylic acids is 1. The van der Waals surface area contributed by atoms with Crippen LogP contribution in [0.3, 0.4) is 0 Å². The van der Waals surface area contributed by atoms with Crippen molar-refractivity contribution < 1.29 is 27.9 Å². The summed E-state index contributed by atoms with van der Waals surface area (Å²) >= 11 is 0. The van der Waals surface area contributed by atoms with Crippen LogP contribution in [-0.2, 0) is 24.2 Å². The molecule has 2 atom stereocenters. The fourth-order valence-corrected chi connectivity index (χ4v) is 3.83. The number of carboxylic acids is 1. The number of ether oxygens (including phenoxy) is 1. The minimum absolute atomic E-state index is 0.243. The third-order valence-electron chi connectivity index (χ3n) is 3.21. The van der Waals surface area contributed by atoms with Crippen molar-refractivity contribution >= 4 is 21.7 Å². The Balaban J connectivity index is 2.63. The highest BCUT2D eigenvalue weighted by Crippen LogP contribution is 2.09. The molecule has 9 heteroatoms. The predicted octanol–water partition coefficient (Wildman–Crippen LogP) is -1.29. The van der Waals surface area contributed by atoms with Gasteiger partial charge in [0.15, 0.2) is 9.84 Å². The number of carbonyl (C=O) groups excluding carboxylic acids is 1. The zero-order valence-electron chi connectivity index (χ0n) is 12.2. The smallest absolute Gasteiger partial charge is 0.327 e. The van der Waals surface area contributed by atoms with Gasteiger partial charge in [-0.1, -0.05) is 6.92 Å². The van der Waals surface area contributed by atoms with E-state index in [1.807, 2.05) is 6.92 Å². The van der Waals surface area contributed by atoms with Crippen LogP contribution in [0.5, 0.6) is 0 Å². The zero-order valence-corrected chi connectivity index (χ0v) is 13.1. The average molecular weight is 322 g/mol. The minimum Gasteiger partial charge on any atom is -0.480 e. The number of carboxylic acid groups (broad SMARTS) is 1. The van der Waals surface area contributed by atoms with E-state index in [1.54, 1.807) is 0 Å². The number of hydrogen-bond acceptors (Lipinski definition) is 6. The van der Waals surface area contributed by atoms with Gasteiger partial charge in [-0.15, -0.1) is 0 Å². The Labute approximate surface area is 124 Å². The topological polar surface area (TPSA) is 113 Å². The lowest BCUT2D eigenvalue weighted by Gasteiger charge is -2.32. The Bertz CT molecular complexity index is 478. The third kappa shape index (κ3) is 6.40. The Kier molecular flexibility index (Phi) is 6.56. The Morgan fingerprint density at radius 2 is 2.14 bits per heavy atom. The molecule has 1 rings (SSSR count). The van der Waals surface area contributed by atoms with E-state index in [-0.39, 0.29) is 5.75 Å². The number of hydrogen-bond donors (Lipinski definition) is 2. The summed E-state index contributed by atoms with van der Waals surface area (Å²) in [5, 5.41) is 11.1. The van der Waals surface area contributed by atoms with Gasteiger partial charge in [0.1, 0.15) is 6.04 Å². The standard InChI is InChI=1S/C12H22N2O6S/c1-3-14-4-5-20-10(6-14)7-21(18,19)8-11(12(16)17)13-9(2)15/h10-11H,3-8H2,1-2H3,(H,13,15)(H,16,17). The van der Waals surface area contributed by atoms with Crippen LogP contribution in [0.2, 0.25) is 0 Å². The number of morpholine rings is 1. The molecule has 21 heavy (non-hydrogen) atoms. The molecule has 0 aromatic rings. The van der Waals surface area contributed by atoms with Gasteiger partial charge in [0.25, 0.3) is 0 Å². The monoisotopic (exact) mass is 322 g/mol. The number of sulfone groups is 1. The maximum Gasteiger partial charge on any atom is 0.327 e. The molecule has 0 aliphatic carbocycles. The molecular weight excluding hydrogens is 300 g/mol. The van der Waals surface area contributed by atoms with Crippen molar-refractivity contribution in [3.63, 3.8) is 0 Å². The fraction of sp³-hybridized carbons (Fsp3) is 0.833. The summed E-state index contributed by atoms with van der Waals surface area (Å²) in [4.78, 5) is 24.0. The summed E-state index contributed by atoms with van der Waals surface area (Å²) in [6.07, 6.45) is -0.463. The molecule has 1 heterocycles. The second-order valence-corrected chi connectivity index (χ2v) is 7.21. The summed E-state index contributed by atoms with van der Waals surface area (Å²) in [5.41, 5.74) is 0. The number of nitrogens with zero attached hydrogens (tertiary/aromatic N) is 1. The highest BCUT2D eigenvalue weighted by Gasteiger charge is 2.30. The molecule has 0 aromatic heterocycles. The highest BCUT2D eigenvalue weighted by molar-refractivity contribution is 7.91. The number of rotatable bonds is 7. The first-order valence-corrected chi connectivity index (χ1v) is 8.60. The number of amides is 1. The molecule has 2 N–H and O–H groups in total. The molecule has 1 saturated heterocycles. The minimum atomic E-state index is -3.65. The number of likely N-dealkylation sites (N-methyl/N-ethyl adjacent to an activating group) is 1. The molecule has 0 bridgehead atoms. The lowest BCUT2D eigenvalue weighted by molar-refractivity contribution is -0.140. The third-order valence-corrected chi connectivity index (χ3v) is 4.93. The van der Waals surface area contributed by atoms with E-state index < -0.39 is 39.6 Å². The lowest BCUT2D eigenvalue weighted by atomic mass is 10.3. The van der Waals surface area contributed by atoms with E-state index in [0.29, 0.717) is 13.2 Å². The SMILES string of the molecule is CCN1CCOC(CS(=O)(=O)CC(NC(C)=O)C(=O)O)C1. The lowest BCUT2D eigenvalue weighted by Crippen LogP contribution is -2.48. The normalized spacial score (nSPS) is 21.7. The maximum atomic E-state index is 12.1. The first-order valence-electron chi connectivity index (χ1n) is 6.77. The Hall–Kier alpha value is -1.19. The molecule has 0 saturated carbocycles. The van der Waals surface area contributed by atoms with Gasteiger partial charge in [-0.2, -0.15) is 0 Å². The van der Waals surface area contributed by atoms with Crippen molar-refractivity contribution in [3.05, 3.63) is 0 Å². The van der Waals surface area contributed by atoms with Crippen LogP contribution in [0.1, 0.15) is 13.8 Å². The van der Waals surface area contributed by atoms with Crippen LogP contribution in [0.25, 0.3) is 0 Å². The highest BCUT2D eigenvalue weighted by atomic mass is 32.2. The van der Waals surface area contributed by atoms with E-state index in [4.69, 9.17) is 9.84 Å². The number of nitrogens with one attached hydrogen (secondary N) is 1. The van der Waals surface area contributed by atoms with Gasteiger partial charge in [0.05, 0.1) is 24.2 Å². The quantitative estimate of drug-likeness (QED) is 0.599. The van der Waals surface area contributed by atoms with Crippen LogP contribution in [0.15, 0.2) is 0 Å². The van der Waals surface area contributed by atoms with Crippen molar-refractivity contribution in [1.29, 1.82) is 0 Å². The van der Waals surface area contributed by atoms with Crippen LogP contribution in [-0.4, -0.2) is 80.2 Å². The van der Waals surface area contributed by atoms with Crippen molar-refractivity contribution in [1.82, 2.24) is 10.2 Å². The van der Waals surface area contributed by atoms with Crippen LogP contribution in [0.4, 0.5) is 0 Å². The average Bonchev–Trinajstić information content (AvgIpc) is 2.36. The molecule has 0 aromatic carbocycles. The molecular formula is C12H22N2O6S. The van der Waals surface area contributed by atoms with Gasteiger partial charge in [0, 0.05) is 20.0 Å². The molecule has 122 valence electrons. The second kappa shape index (κ2) is 7.71. The van der Waals surface area contributed by atoms with Crippen molar-refractivity contribution in [2.75, 3.05) is 37.7 Å². The molecule has 1 amide bonds. The van der Waals surface area contributed by atoms with E-state index in [2.05, 4.69) is 10.2 Å². The maximum absolute atomic E-state index is 12.1. The first-order chi connectivity index (χ1) is 9.73. The van der Waals surface area contributed by atoms with Crippen LogP contribution >= 0.6 is 0 Å². The molecule has 0 radical (unpaired) electrons. The summed E-state index contributed by atoms with van der Waals surface area (Å²) in [6.45, 7) is 5.66. The largest absolute Gasteiger partial charge is 0.480 e. The van der Waals surface area contributed by atoms with Crippen molar-refractivity contribution in [2.45, 2.75) is 26.0 Å². The molecule has 1 aliphatic heterocycles. The van der Waals surface area contributed by atoms with Crippen molar-refractivity contribution in [2.24, 2.45) is 0 Å². The molecule has 2 unspecified atom stereocenters. The van der Waals surface area contributed by atoms with E-state index in [1.165, 1.54) is 0 Å². The van der Waals surface area contributed by atoms with Gasteiger partial charge in [-0.3, -0.25) is 9.69 Å². The van der Waals surface area contributed by atoms with Gasteiger partial charge in [-0.25, -0.2) is 13.2 Å². The summed E-state index contributed by atoms with van der Waals surface area (Å²) in [5.74, 6) is -2.82. The van der Waals surface area contributed by atoms with E-state index in [0.717, 1.165) is 20.0 Å². The van der Waals surface area contributed by atoms with Gasteiger partial charge in [0.2, 0.25) is 5.91 Å². The molecule has 1 fully saturated rings. The van der Waals surface area contributed by atoms with Gasteiger partial charge >= 0.3 is 5.97 Å².